The van der Waals surface area contributed by atoms with Crippen molar-refractivity contribution in [2.75, 3.05) is 13.1 Å². The van der Waals surface area contributed by atoms with Crippen molar-refractivity contribution in [3.05, 3.63) is 35.4 Å². The molecule has 4 heteroatoms. The Kier molecular flexibility index (Phi) is 3.74. The molecule has 0 bridgehead atoms. The Morgan fingerprint density at radius 3 is 2.53 bits per heavy atom. The van der Waals surface area contributed by atoms with Gasteiger partial charge in [0, 0.05) is 25.2 Å². The first kappa shape index (κ1) is 12.5. The molecule has 2 rings (SSSR count). The highest BCUT2D eigenvalue weighted by molar-refractivity contribution is 5.18. The van der Waals surface area contributed by atoms with Crippen molar-refractivity contribution in [3.63, 3.8) is 0 Å². The van der Waals surface area contributed by atoms with Gasteiger partial charge in [-0.2, -0.15) is 0 Å². The highest BCUT2D eigenvalue weighted by Crippen LogP contribution is 2.16. The van der Waals surface area contributed by atoms with Crippen molar-refractivity contribution in [2.45, 2.75) is 32.6 Å². The van der Waals surface area contributed by atoms with Gasteiger partial charge in [-0.05, 0) is 32.0 Å². The second kappa shape index (κ2) is 5.10. The van der Waals surface area contributed by atoms with E-state index in [0.717, 1.165) is 19.2 Å². The topological polar surface area (TPSA) is 12.5 Å². The molecule has 1 aromatic rings. The van der Waals surface area contributed by atoms with Gasteiger partial charge in [-0.3, -0.25) is 4.90 Å². The number of benzene rings is 1. The quantitative estimate of drug-likeness (QED) is 0.789. The SMILES string of the molecule is C[C@@H]1CN(Cc2cc(F)ccc2F)C[C@H](C)O1. The minimum Gasteiger partial charge on any atom is -0.373 e. The van der Waals surface area contributed by atoms with Crippen molar-refractivity contribution in [3.8, 4) is 0 Å². The van der Waals surface area contributed by atoms with Gasteiger partial charge in [0.05, 0.1) is 12.2 Å². The largest absolute Gasteiger partial charge is 0.373 e. The van der Waals surface area contributed by atoms with Gasteiger partial charge in [0.15, 0.2) is 0 Å². The Labute approximate surface area is 100 Å². The van der Waals surface area contributed by atoms with Crippen LogP contribution in [0.25, 0.3) is 0 Å². The molecule has 1 aliphatic rings. The van der Waals surface area contributed by atoms with Crippen molar-refractivity contribution >= 4 is 0 Å². The second-order valence-corrected chi connectivity index (χ2v) is 4.69. The lowest BCUT2D eigenvalue weighted by atomic mass is 10.1. The van der Waals surface area contributed by atoms with Gasteiger partial charge in [0.25, 0.3) is 0 Å². The first-order valence-corrected chi connectivity index (χ1v) is 5.86. The maximum Gasteiger partial charge on any atom is 0.127 e. The third-order valence-electron chi connectivity index (χ3n) is 2.90. The van der Waals surface area contributed by atoms with Crippen LogP contribution >= 0.6 is 0 Å². The molecule has 2 atom stereocenters. The van der Waals surface area contributed by atoms with Crippen LogP contribution in [0.4, 0.5) is 8.78 Å². The Balaban J connectivity index is 2.07. The highest BCUT2D eigenvalue weighted by Gasteiger charge is 2.22. The summed E-state index contributed by atoms with van der Waals surface area (Å²) >= 11 is 0. The van der Waals surface area contributed by atoms with Crippen LogP contribution in [0.5, 0.6) is 0 Å². The van der Waals surface area contributed by atoms with E-state index >= 15 is 0 Å². The molecule has 17 heavy (non-hydrogen) atoms. The molecule has 94 valence electrons. The average molecular weight is 241 g/mol. The zero-order valence-electron chi connectivity index (χ0n) is 10.1. The fourth-order valence-corrected chi connectivity index (χ4v) is 2.32. The highest BCUT2D eigenvalue weighted by atomic mass is 19.1. The zero-order chi connectivity index (χ0) is 12.4. The molecule has 1 fully saturated rings. The summed E-state index contributed by atoms with van der Waals surface area (Å²) in [5, 5.41) is 0. The van der Waals surface area contributed by atoms with Gasteiger partial charge in [-0.15, -0.1) is 0 Å². The summed E-state index contributed by atoms with van der Waals surface area (Å²) < 4.78 is 32.1. The van der Waals surface area contributed by atoms with E-state index < -0.39 is 5.82 Å². The summed E-state index contributed by atoms with van der Waals surface area (Å²) in [5.74, 6) is -0.742. The monoisotopic (exact) mass is 241 g/mol. The van der Waals surface area contributed by atoms with Crippen LogP contribution in [0.15, 0.2) is 18.2 Å². The predicted octanol–water partition coefficient (Wildman–Crippen LogP) is 2.57. The summed E-state index contributed by atoms with van der Waals surface area (Å²) in [7, 11) is 0. The molecule has 0 saturated carbocycles. The van der Waals surface area contributed by atoms with Gasteiger partial charge in [0.2, 0.25) is 0 Å². The first-order valence-electron chi connectivity index (χ1n) is 5.86. The van der Waals surface area contributed by atoms with Crippen LogP contribution < -0.4 is 0 Å². The minimum absolute atomic E-state index is 0.135. The van der Waals surface area contributed by atoms with E-state index in [9.17, 15) is 8.78 Å². The Hall–Kier alpha value is -1.00. The summed E-state index contributed by atoms with van der Waals surface area (Å²) in [6.45, 7) is 5.91. The van der Waals surface area contributed by atoms with Gasteiger partial charge in [-0.25, -0.2) is 8.78 Å². The number of rotatable bonds is 2. The van der Waals surface area contributed by atoms with Crippen molar-refractivity contribution in [2.24, 2.45) is 0 Å². The minimum atomic E-state index is -0.393. The number of morpholine rings is 1. The van der Waals surface area contributed by atoms with E-state index in [1.807, 2.05) is 13.8 Å². The van der Waals surface area contributed by atoms with Crippen molar-refractivity contribution in [1.82, 2.24) is 4.90 Å². The standard InChI is InChI=1S/C13H17F2NO/c1-9-6-16(7-10(2)17-9)8-11-5-12(14)3-4-13(11)15/h3-5,9-10H,6-8H2,1-2H3/t9-,10+. The maximum atomic E-state index is 13.5. The van der Waals surface area contributed by atoms with Crippen molar-refractivity contribution in [1.29, 1.82) is 0 Å². The molecule has 0 N–H and O–H groups in total. The second-order valence-electron chi connectivity index (χ2n) is 4.69. The molecule has 2 nitrogen and oxygen atoms in total. The fraction of sp³-hybridized carbons (Fsp3) is 0.538. The molecule has 1 aromatic carbocycles. The third-order valence-corrected chi connectivity index (χ3v) is 2.90. The summed E-state index contributed by atoms with van der Waals surface area (Å²) in [6.07, 6.45) is 0.269. The summed E-state index contributed by atoms with van der Waals surface area (Å²) in [6, 6.07) is 3.58. The molecular formula is C13H17F2NO. The predicted molar refractivity (Wildman–Crippen MR) is 61.6 cm³/mol. The molecule has 0 unspecified atom stereocenters. The molecule has 0 spiro atoms. The molecule has 0 radical (unpaired) electrons. The lowest BCUT2D eigenvalue weighted by Gasteiger charge is -2.35. The van der Waals surface area contributed by atoms with Gasteiger partial charge >= 0.3 is 0 Å². The molecule has 1 aliphatic heterocycles. The average Bonchev–Trinajstić information content (AvgIpc) is 2.22. The number of nitrogens with zero attached hydrogens (tertiary/aromatic N) is 1. The van der Waals surface area contributed by atoms with E-state index in [0.29, 0.717) is 12.1 Å². The van der Waals surface area contributed by atoms with E-state index in [4.69, 9.17) is 4.74 Å². The number of ether oxygens (including phenoxy) is 1. The van der Waals surface area contributed by atoms with Gasteiger partial charge < -0.3 is 4.74 Å². The van der Waals surface area contributed by atoms with Crippen molar-refractivity contribution < 1.29 is 13.5 Å². The smallest absolute Gasteiger partial charge is 0.127 e. The molecule has 0 amide bonds. The van der Waals surface area contributed by atoms with Crippen LogP contribution in [-0.4, -0.2) is 30.2 Å². The molecule has 0 aromatic heterocycles. The number of hydrogen-bond acceptors (Lipinski definition) is 2. The molecule has 0 aliphatic carbocycles. The lowest BCUT2D eigenvalue weighted by molar-refractivity contribution is -0.0707. The van der Waals surface area contributed by atoms with E-state index in [-0.39, 0.29) is 18.0 Å². The van der Waals surface area contributed by atoms with E-state index in [2.05, 4.69) is 4.90 Å². The molecule has 1 heterocycles. The Morgan fingerprint density at radius 2 is 1.88 bits per heavy atom. The van der Waals surface area contributed by atoms with Crippen LogP contribution in [0.3, 0.4) is 0 Å². The van der Waals surface area contributed by atoms with Crippen LogP contribution in [0.1, 0.15) is 19.4 Å². The Bertz CT molecular complexity index is 387. The van der Waals surface area contributed by atoms with Gasteiger partial charge in [0.1, 0.15) is 11.6 Å². The zero-order valence-corrected chi connectivity index (χ0v) is 10.1. The fourth-order valence-electron chi connectivity index (χ4n) is 2.32. The third kappa shape index (κ3) is 3.23. The molecule has 1 saturated heterocycles. The Morgan fingerprint density at radius 1 is 1.24 bits per heavy atom. The van der Waals surface area contributed by atoms with Gasteiger partial charge in [-0.1, -0.05) is 0 Å². The molecular weight excluding hydrogens is 224 g/mol. The first-order chi connectivity index (χ1) is 8.04. The van der Waals surface area contributed by atoms with E-state index in [1.165, 1.54) is 12.1 Å². The van der Waals surface area contributed by atoms with Crippen LogP contribution in [0, 0.1) is 11.6 Å². The normalized spacial score (nSPS) is 26.1. The van der Waals surface area contributed by atoms with Crippen LogP contribution in [0.2, 0.25) is 0 Å². The van der Waals surface area contributed by atoms with Crippen LogP contribution in [-0.2, 0) is 11.3 Å². The van der Waals surface area contributed by atoms with E-state index in [1.54, 1.807) is 0 Å². The number of halogens is 2. The lowest BCUT2D eigenvalue weighted by Crippen LogP contribution is -2.44. The summed E-state index contributed by atoms with van der Waals surface area (Å²) in [4.78, 5) is 2.09. The summed E-state index contributed by atoms with van der Waals surface area (Å²) in [5.41, 5.74) is 0.409. The number of hydrogen-bond donors (Lipinski definition) is 0. The maximum absolute atomic E-state index is 13.5.